The molecule has 11 heteroatoms. The minimum absolute atomic E-state index is 0.0418. The van der Waals surface area contributed by atoms with Crippen LogP contribution < -0.4 is 5.32 Å². The van der Waals surface area contributed by atoms with E-state index in [0.29, 0.717) is 40.1 Å². The SMILES string of the molecule is CCOC(=O)c1cnc2ccc(Cl)cc2c1Nc1ccc(-c2ccc(C(=O)N3CCN(C)CC3)cc2)c(C(F)(F)F)c1. The van der Waals surface area contributed by atoms with Gasteiger partial charge in [-0.05, 0) is 67.6 Å². The zero-order valence-electron chi connectivity index (χ0n) is 23.0. The normalized spacial score (nSPS) is 14.2. The average molecular weight is 597 g/mol. The van der Waals surface area contributed by atoms with Crippen molar-refractivity contribution in [3.05, 3.63) is 88.6 Å². The number of carbonyl (C=O) groups is 2. The summed E-state index contributed by atoms with van der Waals surface area (Å²) in [4.78, 5) is 33.8. The second kappa shape index (κ2) is 12.0. The molecule has 1 aliphatic heterocycles. The smallest absolute Gasteiger partial charge is 0.417 e. The molecule has 7 nitrogen and oxygen atoms in total. The molecular weight excluding hydrogens is 569 g/mol. The number of benzene rings is 3. The first kappa shape index (κ1) is 29.3. The van der Waals surface area contributed by atoms with Crippen LogP contribution in [0.1, 0.15) is 33.2 Å². The van der Waals surface area contributed by atoms with E-state index >= 15 is 0 Å². The number of likely N-dealkylation sites (N-methyl/N-ethyl adjacent to an activating group) is 1. The van der Waals surface area contributed by atoms with Crippen LogP contribution in [0.5, 0.6) is 0 Å². The lowest BCUT2D eigenvalue weighted by Gasteiger charge is -2.32. The lowest BCUT2D eigenvalue weighted by molar-refractivity contribution is -0.137. The number of aromatic nitrogens is 1. The predicted octanol–water partition coefficient (Wildman–Crippen LogP) is 6.88. The number of alkyl halides is 3. The maximum atomic E-state index is 14.4. The van der Waals surface area contributed by atoms with Crippen LogP contribution in [0.2, 0.25) is 5.02 Å². The van der Waals surface area contributed by atoms with E-state index in [9.17, 15) is 22.8 Å². The van der Waals surface area contributed by atoms with Gasteiger partial charge in [0.25, 0.3) is 5.91 Å². The molecule has 218 valence electrons. The summed E-state index contributed by atoms with van der Waals surface area (Å²) in [5.41, 5.74) is 0.708. The van der Waals surface area contributed by atoms with Crippen molar-refractivity contribution < 1.29 is 27.5 Å². The number of halogens is 4. The number of anilines is 2. The Hall–Kier alpha value is -4.15. The van der Waals surface area contributed by atoms with Gasteiger partial charge >= 0.3 is 12.1 Å². The topological polar surface area (TPSA) is 74.8 Å². The van der Waals surface area contributed by atoms with Crippen LogP contribution >= 0.6 is 11.6 Å². The fourth-order valence-electron chi connectivity index (χ4n) is 4.90. The van der Waals surface area contributed by atoms with Gasteiger partial charge in [-0.3, -0.25) is 9.78 Å². The number of ether oxygens (including phenoxy) is 1. The van der Waals surface area contributed by atoms with Crippen molar-refractivity contribution in [2.75, 3.05) is 45.2 Å². The number of rotatable bonds is 6. The molecule has 1 aliphatic rings. The Morgan fingerprint density at radius 3 is 2.38 bits per heavy atom. The van der Waals surface area contributed by atoms with Crippen LogP contribution in [0, 0.1) is 0 Å². The second-order valence-corrected chi connectivity index (χ2v) is 10.4. The van der Waals surface area contributed by atoms with Crippen molar-refractivity contribution in [1.29, 1.82) is 0 Å². The molecule has 1 saturated heterocycles. The predicted molar refractivity (Wildman–Crippen MR) is 156 cm³/mol. The van der Waals surface area contributed by atoms with Gasteiger partial charge in [-0.2, -0.15) is 13.2 Å². The van der Waals surface area contributed by atoms with Gasteiger partial charge in [-0.15, -0.1) is 0 Å². The molecule has 0 atom stereocenters. The number of hydrogen-bond donors (Lipinski definition) is 1. The molecule has 1 aromatic heterocycles. The Balaban J connectivity index is 1.50. The minimum Gasteiger partial charge on any atom is -0.462 e. The van der Waals surface area contributed by atoms with E-state index < -0.39 is 17.7 Å². The molecular formula is C31H28ClF3N4O3. The van der Waals surface area contributed by atoms with Crippen molar-refractivity contribution in [2.45, 2.75) is 13.1 Å². The van der Waals surface area contributed by atoms with Crippen molar-refractivity contribution in [2.24, 2.45) is 0 Å². The molecule has 5 rings (SSSR count). The molecule has 2 heterocycles. The summed E-state index contributed by atoms with van der Waals surface area (Å²) in [6.07, 6.45) is -3.37. The maximum absolute atomic E-state index is 14.4. The van der Waals surface area contributed by atoms with E-state index in [1.165, 1.54) is 30.5 Å². The average Bonchev–Trinajstić information content (AvgIpc) is 2.97. The maximum Gasteiger partial charge on any atom is 0.417 e. The summed E-state index contributed by atoms with van der Waals surface area (Å²) in [5, 5.41) is 3.80. The second-order valence-electron chi connectivity index (χ2n) is 9.98. The van der Waals surface area contributed by atoms with Crippen molar-refractivity contribution in [3.8, 4) is 11.1 Å². The third-order valence-electron chi connectivity index (χ3n) is 7.15. The van der Waals surface area contributed by atoms with Gasteiger partial charge < -0.3 is 19.9 Å². The Labute approximate surface area is 245 Å². The number of fused-ring (bicyclic) bond motifs is 1. The van der Waals surface area contributed by atoms with Gasteiger partial charge in [0, 0.05) is 54.0 Å². The highest BCUT2D eigenvalue weighted by atomic mass is 35.5. The summed E-state index contributed by atoms with van der Waals surface area (Å²) in [6, 6.07) is 14.9. The van der Waals surface area contributed by atoms with E-state index in [4.69, 9.17) is 16.3 Å². The number of piperazine rings is 1. The van der Waals surface area contributed by atoms with E-state index in [0.717, 1.165) is 19.2 Å². The number of esters is 1. The zero-order valence-corrected chi connectivity index (χ0v) is 23.7. The summed E-state index contributed by atoms with van der Waals surface area (Å²) in [5.74, 6) is -0.819. The highest BCUT2D eigenvalue weighted by molar-refractivity contribution is 6.31. The van der Waals surface area contributed by atoms with Gasteiger partial charge in [0.1, 0.15) is 5.56 Å². The van der Waals surface area contributed by atoms with Gasteiger partial charge in [0.2, 0.25) is 0 Å². The van der Waals surface area contributed by atoms with Crippen LogP contribution in [-0.2, 0) is 10.9 Å². The molecule has 0 bridgehead atoms. The number of nitrogens with one attached hydrogen (secondary N) is 1. The van der Waals surface area contributed by atoms with Crippen LogP contribution in [-0.4, -0.2) is 66.5 Å². The lowest BCUT2D eigenvalue weighted by Crippen LogP contribution is -2.47. The van der Waals surface area contributed by atoms with Crippen LogP contribution in [0.3, 0.4) is 0 Å². The summed E-state index contributed by atoms with van der Waals surface area (Å²) >= 11 is 6.19. The van der Waals surface area contributed by atoms with Crippen molar-refractivity contribution in [1.82, 2.24) is 14.8 Å². The van der Waals surface area contributed by atoms with Crippen LogP contribution in [0.15, 0.2) is 66.9 Å². The van der Waals surface area contributed by atoms with E-state index in [1.807, 2.05) is 7.05 Å². The largest absolute Gasteiger partial charge is 0.462 e. The Kier molecular flexibility index (Phi) is 8.38. The fourth-order valence-corrected chi connectivity index (χ4v) is 5.07. The number of carbonyl (C=O) groups excluding carboxylic acids is 2. The Morgan fingerprint density at radius 2 is 1.71 bits per heavy atom. The molecule has 0 radical (unpaired) electrons. The van der Waals surface area contributed by atoms with Crippen LogP contribution in [0.25, 0.3) is 22.0 Å². The molecule has 1 N–H and O–H groups in total. The molecule has 0 aliphatic carbocycles. The molecule has 1 fully saturated rings. The number of amides is 1. The fraction of sp³-hybridized carbons (Fsp3) is 0.258. The highest BCUT2D eigenvalue weighted by Crippen LogP contribution is 2.40. The monoisotopic (exact) mass is 596 g/mol. The molecule has 0 unspecified atom stereocenters. The Morgan fingerprint density at radius 1 is 1.00 bits per heavy atom. The molecule has 4 aromatic rings. The van der Waals surface area contributed by atoms with E-state index in [1.54, 1.807) is 42.2 Å². The highest BCUT2D eigenvalue weighted by Gasteiger charge is 2.34. The quantitative estimate of drug-likeness (QED) is 0.245. The first-order chi connectivity index (χ1) is 20.0. The lowest BCUT2D eigenvalue weighted by atomic mass is 9.97. The number of hydrogen-bond acceptors (Lipinski definition) is 6. The van der Waals surface area contributed by atoms with Gasteiger partial charge in [0.15, 0.2) is 0 Å². The van der Waals surface area contributed by atoms with Crippen LogP contribution in [0.4, 0.5) is 24.5 Å². The van der Waals surface area contributed by atoms with E-state index in [-0.39, 0.29) is 35.0 Å². The molecule has 3 aromatic carbocycles. The zero-order chi connectivity index (χ0) is 30.0. The molecule has 0 spiro atoms. The third kappa shape index (κ3) is 6.19. The molecule has 0 saturated carbocycles. The van der Waals surface area contributed by atoms with Gasteiger partial charge in [-0.1, -0.05) is 29.8 Å². The Bertz CT molecular complexity index is 1640. The minimum atomic E-state index is -4.69. The molecule has 42 heavy (non-hydrogen) atoms. The van der Waals surface area contributed by atoms with Gasteiger partial charge in [0.05, 0.1) is 23.4 Å². The first-order valence-corrected chi connectivity index (χ1v) is 13.7. The van der Waals surface area contributed by atoms with Crippen molar-refractivity contribution >= 4 is 45.8 Å². The third-order valence-corrected chi connectivity index (χ3v) is 7.39. The standard InChI is InChI=1S/C31H28ClF3N4O3/c1-3-42-30(41)25-18-36-27-11-8-21(32)16-24(27)28(25)37-22-9-10-23(26(17-22)31(33,34)35)19-4-6-20(7-5-19)29(40)39-14-12-38(2)13-15-39/h4-11,16-18H,3,12-15H2,1-2H3,(H,36,37). The van der Waals surface area contributed by atoms with Crippen molar-refractivity contribution in [3.63, 3.8) is 0 Å². The summed E-state index contributed by atoms with van der Waals surface area (Å²) in [7, 11) is 1.99. The number of nitrogens with zero attached hydrogens (tertiary/aromatic N) is 3. The van der Waals surface area contributed by atoms with E-state index in [2.05, 4.69) is 15.2 Å². The summed E-state index contributed by atoms with van der Waals surface area (Å²) in [6.45, 7) is 4.49. The first-order valence-electron chi connectivity index (χ1n) is 13.4. The summed E-state index contributed by atoms with van der Waals surface area (Å²) < 4.78 is 48.2. The van der Waals surface area contributed by atoms with Gasteiger partial charge in [-0.25, -0.2) is 4.79 Å². The molecule has 1 amide bonds. The number of pyridine rings is 1.